The molecule has 0 bridgehead atoms. The highest BCUT2D eigenvalue weighted by atomic mass is 16.5. The quantitative estimate of drug-likeness (QED) is 0.826. The van der Waals surface area contributed by atoms with Gasteiger partial charge >= 0.3 is 5.97 Å². The summed E-state index contributed by atoms with van der Waals surface area (Å²) in [6.45, 7) is 0.401. The van der Waals surface area contributed by atoms with Crippen LogP contribution in [0.5, 0.6) is 5.75 Å². The van der Waals surface area contributed by atoms with Crippen molar-refractivity contribution in [3.05, 3.63) is 29.8 Å². The standard InChI is InChI=1S/C12H13NO4/c14-10-3-1-2-8(6-10)12-13-9(7-17-12)4-5-11(15)16/h1-3,6,9,14H,4-5,7H2,(H,15,16). The molecule has 0 aliphatic carbocycles. The number of aliphatic carboxylic acids is 1. The number of carbonyl (C=O) groups is 1. The highest BCUT2D eigenvalue weighted by molar-refractivity contribution is 5.95. The summed E-state index contributed by atoms with van der Waals surface area (Å²) in [7, 11) is 0. The molecule has 0 saturated heterocycles. The molecular weight excluding hydrogens is 222 g/mol. The van der Waals surface area contributed by atoms with Crippen LogP contribution in [0.1, 0.15) is 18.4 Å². The van der Waals surface area contributed by atoms with E-state index in [9.17, 15) is 9.90 Å². The van der Waals surface area contributed by atoms with Crippen molar-refractivity contribution in [1.82, 2.24) is 0 Å². The van der Waals surface area contributed by atoms with E-state index in [-0.39, 0.29) is 18.2 Å². The summed E-state index contributed by atoms with van der Waals surface area (Å²) < 4.78 is 5.38. The van der Waals surface area contributed by atoms with E-state index in [1.54, 1.807) is 24.3 Å². The number of phenolic OH excluding ortho intramolecular Hbond substituents is 1. The van der Waals surface area contributed by atoms with Crippen LogP contribution in [0.25, 0.3) is 0 Å². The molecule has 1 aliphatic heterocycles. The lowest BCUT2D eigenvalue weighted by Gasteiger charge is -2.01. The van der Waals surface area contributed by atoms with E-state index in [2.05, 4.69) is 4.99 Å². The molecule has 0 saturated carbocycles. The molecule has 5 nitrogen and oxygen atoms in total. The minimum absolute atomic E-state index is 0.0881. The predicted octanol–water partition coefficient (Wildman–Crippen LogP) is 1.40. The third-order valence-electron chi connectivity index (χ3n) is 2.50. The summed E-state index contributed by atoms with van der Waals surface area (Å²) in [5, 5.41) is 17.9. The molecule has 0 amide bonds. The van der Waals surface area contributed by atoms with Gasteiger partial charge in [0.2, 0.25) is 5.90 Å². The first-order valence-electron chi connectivity index (χ1n) is 5.37. The zero-order valence-electron chi connectivity index (χ0n) is 9.17. The van der Waals surface area contributed by atoms with Gasteiger partial charge in [0.05, 0.1) is 6.04 Å². The molecule has 2 rings (SSSR count). The monoisotopic (exact) mass is 235 g/mol. The number of carboxylic acid groups (broad SMARTS) is 1. The van der Waals surface area contributed by atoms with Crippen LogP contribution in [0.3, 0.4) is 0 Å². The second kappa shape index (κ2) is 4.86. The lowest BCUT2D eigenvalue weighted by Crippen LogP contribution is -2.08. The number of aromatic hydroxyl groups is 1. The fourth-order valence-electron chi connectivity index (χ4n) is 1.65. The van der Waals surface area contributed by atoms with Gasteiger partial charge in [0.15, 0.2) is 0 Å². The summed E-state index contributed by atoms with van der Waals surface area (Å²) in [5.74, 6) is -0.204. The van der Waals surface area contributed by atoms with Crippen molar-refractivity contribution in [1.29, 1.82) is 0 Å². The fourth-order valence-corrected chi connectivity index (χ4v) is 1.65. The van der Waals surface area contributed by atoms with Crippen LogP contribution in [-0.2, 0) is 9.53 Å². The van der Waals surface area contributed by atoms with Gasteiger partial charge in [-0.3, -0.25) is 4.79 Å². The van der Waals surface area contributed by atoms with E-state index in [0.29, 0.717) is 24.5 Å². The van der Waals surface area contributed by atoms with E-state index in [0.717, 1.165) is 0 Å². The number of hydrogen-bond donors (Lipinski definition) is 2. The van der Waals surface area contributed by atoms with Crippen LogP contribution in [0.2, 0.25) is 0 Å². The molecule has 1 aromatic rings. The van der Waals surface area contributed by atoms with Crippen LogP contribution in [-0.4, -0.2) is 34.7 Å². The third kappa shape index (κ3) is 2.96. The molecule has 0 fully saturated rings. The molecule has 1 heterocycles. The lowest BCUT2D eigenvalue weighted by atomic mass is 10.2. The van der Waals surface area contributed by atoms with Gasteiger partial charge in [0.25, 0.3) is 0 Å². The third-order valence-corrected chi connectivity index (χ3v) is 2.50. The average molecular weight is 235 g/mol. The van der Waals surface area contributed by atoms with E-state index in [1.807, 2.05) is 0 Å². The van der Waals surface area contributed by atoms with Crippen molar-refractivity contribution < 1.29 is 19.7 Å². The first-order valence-corrected chi connectivity index (χ1v) is 5.37. The molecular formula is C12H13NO4. The van der Waals surface area contributed by atoms with Gasteiger partial charge in [-0.05, 0) is 24.6 Å². The number of aliphatic imine (C=N–C) groups is 1. The number of benzene rings is 1. The van der Waals surface area contributed by atoms with Crippen LogP contribution < -0.4 is 0 Å². The zero-order valence-corrected chi connectivity index (χ0v) is 9.17. The van der Waals surface area contributed by atoms with Crippen molar-refractivity contribution in [2.45, 2.75) is 18.9 Å². The molecule has 0 radical (unpaired) electrons. The van der Waals surface area contributed by atoms with Gasteiger partial charge in [-0.1, -0.05) is 6.07 Å². The Kier molecular flexibility index (Phi) is 3.27. The maximum absolute atomic E-state index is 10.4. The van der Waals surface area contributed by atoms with Gasteiger partial charge in [-0.15, -0.1) is 0 Å². The van der Waals surface area contributed by atoms with Gasteiger partial charge < -0.3 is 14.9 Å². The summed E-state index contributed by atoms with van der Waals surface area (Å²) in [5.41, 5.74) is 0.711. The predicted molar refractivity (Wildman–Crippen MR) is 61.3 cm³/mol. The largest absolute Gasteiger partial charge is 0.508 e. The molecule has 90 valence electrons. The Morgan fingerprint density at radius 3 is 3.06 bits per heavy atom. The molecule has 1 aliphatic rings. The van der Waals surface area contributed by atoms with Crippen LogP contribution >= 0.6 is 0 Å². The molecule has 5 heteroatoms. The molecule has 1 aromatic carbocycles. The number of ether oxygens (including phenoxy) is 1. The van der Waals surface area contributed by atoms with Gasteiger partial charge in [0, 0.05) is 12.0 Å². The van der Waals surface area contributed by atoms with Crippen molar-refractivity contribution >= 4 is 11.9 Å². The number of nitrogens with zero attached hydrogens (tertiary/aromatic N) is 1. The number of carboxylic acids is 1. The van der Waals surface area contributed by atoms with Gasteiger partial charge in [-0.2, -0.15) is 0 Å². The van der Waals surface area contributed by atoms with Crippen molar-refractivity contribution in [3.63, 3.8) is 0 Å². The second-order valence-corrected chi connectivity index (χ2v) is 3.88. The molecule has 1 unspecified atom stereocenters. The SMILES string of the molecule is O=C(O)CCC1COC(c2cccc(O)c2)=N1. The summed E-state index contributed by atoms with van der Waals surface area (Å²) in [6, 6.07) is 6.53. The van der Waals surface area contributed by atoms with E-state index < -0.39 is 5.97 Å². The summed E-state index contributed by atoms with van der Waals surface area (Å²) >= 11 is 0. The first-order chi connectivity index (χ1) is 8.15. The fraction of sp³-hybridized carbons (Fsp3) is 0.333. The van der Waals surface area contributed by atoms with Gasteiger partial charge in [0.1, 0.15) is 12.4 Å². The summed E-state index contributed by atoms with van der Waals surface area (Å²) in [6.07, 6.45) is 0.558. The molecule has 0 spiro atoms. The highest BCUT2D eigenvalue weighted by Crippen LogP contribution is 2.18. The maximum atomic E-state index is 10.4. The number of phenols is 1. The normalized spacial score (nSPS) is 18.6. The van der Waals surface area contributed by atoms with Crippen LogP contribution in [0.15, 0.2) is 29.3 Å². The minimum Gasteiger partial charge on any atom is -0.508 e. The Labute approximate surface area is 98.4 Å². The molecule has 1 atom stereocenters. The molecule has 2 N–H and O–H groups in total. The van der Waals surface area contributed by atoms with Gasteiger partial charge in [-0.25, -0.2) is 4.99 Å². The van der Waals surface area contributed by atoms with E-state index >= 15 is 0 Å². The Balaban J connectivity index is 2.03. The Hall–Kier alpha value is -2.04. The molecule has 17 heavy (non-hydrogen) atoms. The lowest BCUT2D eigenvalue weighted by molar-refractivity contribution is -0.137. The van der Waals surface area contributed by atoms with E-state index in [4.69, 9.17) is 9.84 Å². The van der Waals surface area contributed by atoms with Crippen molar-refractivity contribution in [3.8, 4) is 5.75 Å². The van der Waals surface area contributed by atoms with Crippen LogP contribution in [0, 0.1) is 0 Å². The van der Waals surface area contributed by atoms with Crippen molar-refractivity contribution in [2.24, 2.45) is 4.99 Å². The minimum atomic E-state index is -0.828. The zero-order chi connectivity index (χ0) is 12.3. The number of hydrogen-bond acceptors (Lipinski definition) is 4. The maximum Gasteiger partial charge on any atom is 0.303 e. The highest BCUT2D eigenvalue weighted by Gasteiger charge is 2.20. The Morgan fingerprint density at radius 1 is 1.53 bits per heavy atom. The molecule has 0 aromatic heterocycles. The second-order valence-electron chi connectivity index (χ2n) is 3.88. The van der Waals surface area contributed by atoms with E-state index in [1.165, 1.54) is 0 Å². The Bertz CT molecular complexity index is 456. The Morgan fingerprint density at radius 2 is 2.35 bits per heavy atom. The number of rotatable bonds is 4. The first kappa shape index (κ1) is 11.4. The average Bonchev–Trinajstić information content (AvgIpc) is 2.75. The topological polar surface area (TPSA) is 79.1 Å². The van der Waals surface area contributed by atoms with Crippen LogP contribution in [0.4, 0.5) is 0 Å². The summed E-state index contributed by atoms with van der Waals surface area (Å²) in [4.78, 5) is 14.7. The van der Waals surface area contributed by atoms with Crippen molar-refractivity contribution in [2.75, 3.05) is 6.61 Å². The smallest absolute Gasteiger partial charge is 0.303 e.